The van der Waals surface area contributed by atoms with Crippen LogP contribution in [0.2, 0.25) is 0 Å². The molecule has 0 aliphatic carbocycles. The van der Waals surface area contributed by atoms with Gasteiger partial charge in [0.05, 0.1) is 0 Å². The molecule has 76 valence electrons. The number of rotatable bonds is 1. The molecule has 0 spiro atoms. The second-order valence-corrected chi connectivity index (χ2v) is 3.34. The molecule has 1 aliphatic rings. The summed E-state index contributed by atoms with van der Waals surface area (Å²) in [5.41, 5.74) is 4.50. The van der Waals surface area contributed by atoms with Crippen molar-refractivity contribution in [3.05, 3.63) is 0 Å². The third kappa shape index (κ3) is 8.37. The van der Waals surface area contributed by atoms with Gasteiger partial charge in [-0.25, -0.2) is 0 Å². The minimum absolute atomic E-state index is 0.892. The summed E-state index contributed by atoms with van der Waals surface area (Å²) in [5.74, 6) is 0. The summed E-state index contributed by atoms with van der Waals surface area (Å²) >= 11 is 1.98. The molecule has 2 nitrogen and oxygen atoms in total. The van der Waals surface area contributed by atoms with Gasteiger partial charge in [-0.15, -0.1) is 0 Å². The maximum Gasteiger partial charge on any atom is 0.0170 e. The van der Waals surface area contributed by atoms with E-state index < -0.39 is 0 Å². The highest BCUT2D eigenvalue weighted by Gasteiger charge is 2.09. The number of nitrogens with one attached hydrogen (secondary N) is 1. The molecule has 12 heavy (non-hydrogen) atoms. The van der Waals surface area contributed by atoms with Gasteiger partial charge in [-0.1, -0.05) is 13.8 Å². The Morgan fingerprint density at radius 3 is 2.17 bits per heavy atom. The lowest BCUT2D eigenvalue weighted by atomic mass is 10.2. The highest BCUT2D eigenvalue weighted by molar-refractivity contribution is 7.99. The van der Waals surface area contributed by atoms with Gasteiger partial charge in [0, 0.05) is 11.8 Å². The van der Waals surface area contributed by atoms with Crippen LogP contribution in [0.25, 0.3) is 0 Å². The van der Waals surface area contributed by atoms with Crippen LogP contribution >= 0.6 is 11.8 Å². The van der Waals surface area contributed by atoms with Crippen LogP contribution < -0.4 is 11.1 Å². The van der Waals surface area contributed by atoms with Crippen LogP contribution in [0.1, 0.15) is 26.7 Å². The van der Waals surface area contributed by atoms with Gasteiger partial charge < -0.3 is 11.1 Å². The molecule has 3 heteroatoms. The average molecular weight is 192 g/mol. The van der Waals surface area contributed by atoms with Crippen LogP contribution in [-0.4, -0.2) is 31.6 Å². The molecule has 0 amide bonds. The van der Waals surface area contributed by atoms with E-state index in [2.05, 4.69) is 17.3 Å². The molecule has 1 fully saturated rings. The van der Waals surface area contributed by atoms with E-state index in [1.54, 1.807) is 0 Å². The van der Waals surface area contributed by atoms with E-state index in [1.165, 1.54) is 33.0 Å². The molecule has 1 aliphatic heterocycles. The lowest BCUT2D eigenvalue weighted by Gasteiger charge is -2.19. The zero-order chi connectivity index (χ0) is 9.82. The summed E-state index contributed by atoms with van der Waals surface area (Å²) in [6.45, 7) is 6.46. The maximum absolute atomic E-state index is 4.50. The predicted octanol–water partition coefficient (Wildman–Crippen LogP) is 1.70. The Bertz CT molecular complexity index is 63.5. The number of hydrogen-bond acceptors (Lipinski definition) is 3. The minimum Gasteiger partial charge on any atom is -0.333 e. The van der Waals surface area contributed by atoms with Crippen molar-refractivity contribution in [2.24, 2.45) is 5.73 Å². The fourth-order valence-corrected chi connectivity index (χ4v) is 1.71. The van der Waals surface area contributed by atoms with E-state index in [4.69, 9.17) is 0 Å². The molecule has 3 N–H and O–H groups in total. The SMILES string of the molecule is CC.CN.CSC1CCCNC1. The van der Waals surface area contributed by atoms with Gasteiger partial charge >= 0.3 is 0 Å². The van der Waals surface area contributed by atoms with Gasteiger partial charge in [0.2, 0.25) is 0 Å². The third-order valence-corrected chi connectivity index (χ3v) is 2.65. The van der Waals surface area contributed by atoms with Gasteiger partial charge in [-0.05, 0) is 32.7 Å². The molecule has 1 atom stereocenters. The van der Waals surface area contributed by atoms with E-state index in [-0.39, 0.29) is 0 Å². The number of nitrogens with two attached hydrogens (primary N) is 1. The standard InChI is InChI=1S/C6H13NS.C2H6.CH5N/c1-8-6-3-2-4-7-5-6;2*1-2/h6-7H,2-5H2,1H3;1-2H3;2H2,1H3. The monoisotopic (exact) mass is 192 g/mol. The number of piperidine rings is 1. The molecule has 0 aromatic heterocycles. The minimum atomic E-state index is 0.892. The quantitative estimate of drug-likeness (QED) is 0.664. The fraction of sp³-hybridized carbons (Fsp3) is 1.00. The molecular weight excluding hydrogens is 168 g/mol. The topological polar surface area (TPSA) is 38.0 Å². The molecule has 0 radical (unpaired) electrons. The van der Waals surface area contributed by atoms with Crippen molar-refractivity contribution < 1.29 is 0 Å². The summed E-state index contributed by atoms with van der Waals surface area (Å²) in [5, 5.41) is 4.26. The maximum atomic E-state index is 4.50. The fourth-order valence-electron chi connectivity index (χ4n) is 1.02. The van der Waals surface area contributed by atoms with Crippen molar-refractivity contribution in [2.45, 2.75) is 31.9 Å². The predicted molar refractivity (Wildman–Crippen MR) is 60.9 cm³/mol. The Balaban J connectivity index is 0. The van der Waals surface area contributed by atoms with E-state index in [0.717, 1.165) is 5.25 Å². The normalized spacial score (nSPS) is 21.2. The molecule has 1 saturated heterocycles. The van der Waals surface area contributed by atoms with Crippen LogP contribution in [-0.2, 0) is 0 Å². The molecule has 0 saturated carbocycles. The summed E-state index contributed by atoms with van der Waals surface area (Å²) in [6.07, 6.45) is 4.97. The Labute approximate surface area is 81.7 Å². The Hall–Kier alpha value is 0.270. The average Bonchev–Trinajstić information content (AvgIpc) is 2.25. The van der Waals surface area contributed by atoms with Gasteiger partial charge in [-0.3, -0.25) is 0 Å². The van der Waals surface area contributed by atoms with Gasteiger partial charge in [-0.2, -0.15) is 11.8 Å². The molecule has 0 bridgehead atoms. The first-order chi connectivity index (χ1) is 5.93. The molecule has 1 rings (SSSR count). The first-order valence-electron chi connectivity index (χ1n) is 4.74. The van der Waals surface area contributed by atoms with Crippen LogP contribution in [0, 0.1) is 0 Å². The molecule has 0 aromatic rings. The van der Waals surface area contributed by atoms with Crippen molar-refractivity contribution in [1.29, 1.82) is 0 Å². The van der Waals surface area contributed by atoms with Gasteiger partial charge in [0.25, 0.3) is 0 Å². The van der Waals surface area contributed by atoms with Gasteiger partial charge in [0.1, 0.15) is 0 Å². The van der Waals surface area contributed by atoms with Gasteiger partial charge in [0.15, 0.2) is 0 Å². The van der Waals surface area contributed by atoms with Crippen LogP contribution in [0.5, 0.6) is 0 Å². The molecule has 0 aromatic carbocycles. The summed E-state index contributed by atoms with van der Waals surface area (Å²) < 4.78 is 0. The first kappa shape index (κ1) is 14.8. The second-order valence-electron chi connectivity index (χ2n) is 2.20. The Morgan fingerprint density at radius 2 is 1.92 bits per heavy atom. The highest BCUT2D eigenvalue weighted by atomic mass is 32.2. The lowest BCUT2D eigenvalue weighted by Crippen LogP contribution is -2.31. The highest BCUT2D eigenvalue weighted by Crippen LogP contribution is 2.14. The second kappa shape index (κ2) is 13.8. The lowest BCUT2D eigenvalue weighted by molar-refractivity contribution is 0.532. The van der Waals surface area contributed by atoms with Crippen molar-refractivity contribution >= 4 is 11.8 Å². The smallest absolute Gasteiger partial charge is 0.0170 e. The first-order valence-corrected chi connectivity index (χ1v) is 6.03. The number of thioether (sulfide) groups is 1. The molecule has 1 heterocycles. The largest absolute Gasteiger partial charge is 0.333 e. The van der Waals surface area contributed by atoms with Crippen LogP contribution in [0.15, 0.2) is 0 Å². The van der Waals surface area contributed by atoms with Crippen molar-refractivity contribution in [1.82, 2.24) is 5.32 Å². The zero-order valence-corrected chi connectivity index (χ0v) is 9.71. The van der Waals surface area contributed by atoms with E-state index in [1.807, 2.05) is 25.6 Å². The van der Waals surface area contributed by atoms with Crippen molar-refractivity contribution in [3.8, 4) is 0 Å². The Morgan fingerprint density at radius 1 is 1.33 bits per heavy atom. The van der Waals surface area contributed by atoms with E-state index in [9.17, 15) is 0 Å². The van der Waals surface area contributed by atoms with Crippen molar-refractivity contribution in [2.75, 3.05) is 26.4 Å². The Kier molecular flexibility index (Phi) is 17.0. The third-order valence-electron chi connectivity index (χ3n) is 1.58. The van der Waals surface area contributed by atoms with E-state index in [0.29, 0.717) is 0 Å². The zero-order valence-electron chi connectivity index (χ0n) is 8.89. The molecular formula is C9H24N2S. The van der Waals surface area contributed by atoms with Crippen molar-refractivity contribution in [3.63, 3.8) is 0 Å². The summed E-state index contributed by atoms with van der Waals surface area (Å²) in [4.78, 5) is 0. The van der Waals surface area contributed by atoms with E-state index >= 15 is 0 Å². The summed E-state index contributed by atoms with van der Waals surface area (Å²) in [7, 11) is 1.50. The summed E-state index contributed by atoms with van der Waals surface area (Å²) in [6, 6.07) is 0. The molecule has 1 unspecified atom stereocenters. The van der Waals surface area contributed by atoms with Crippen LogP contribution in [0.3, 0.4) is 0 Å². The number of hydrogen-bond donors (Lipinski definition) is 2. The van der Waals surface area contributed by atoms with Crippen LogP contribution in [0.4, 0.5) is 0 Å².